The van der Waals surface area contributed by atoms with E-state index in [0.717, 1.165) is 17.3 Å². The summed E-state index contributed by atoms with van der Waals surface area (Å²) in [6.07, 6.45) is 1.39. The minimum atomic E-state index is -0.816. The number of anilines is 1. The van der Waals surface area contributed by atoms with Crippen molar-refractivity contribution in [3.8, 4) is 0 Å². The lowest BCUT2D eigenvalue weighted by Crippen LogP contribution is -2.62. The van der Waals surface area contributed by atoms with Crippen molar-refractivity contribution in [1.29, 1.82) is 0 Å². The van der Waals surface area contributed by atoms with Crippen LogP contribution in [0.2, 0.25) is 0 Å². The van der Waals surface area contributed by atoms with E-state index in [4.69, 9.17) is 0 Å². The van der Waals surface area contributed by atoms with Crippen LogP contribution in [-0.4, -0.2) is 29.6 Å². The van der Waals surface area contributed by atoms with E-state index in [-0.39, 0.29) is 5.91 Å². The van der Waals surface area contributed by atoms with E-state index < -0.39 is 17.3 Å². The summed E-state index contributed by atoms with van der Waals surface area (Å²) in [6, 6.07) is 10.1. The Morgan fingerprint density at radius 2 is 1.88 bits per heavy atom. The highest BCUT2D eigenvalue weighted by atomic mass is 19.2. The third-order valence-electron chi connectivity index (χ3n) is 5.28. The first kappa shape index (κ1) is 17.0. The second-order valence-corrected chi connectivity index (χ2v) is 7.20. The quantitative estimate of drug-likeness (QED) is 0.866. The van der Waals surface area contributed by atoms with E-state index in [0.29, 0.717) is 43.6 Å². The van der Waals surface area contributed by atoms with Gasteiger partial charge in [-0.2, -0.15) is 0 Å². The summed E-state index contributed by atoms with van der Waals surface area (Å²) in [5.41, 5.74) is 2.45. The second-order valence-electron chi connectivity index (χ2n) is 7.20. The van der Waals surface area contributed by atoms with Gasteiger partial charge < -0.3 is 10.6 Å². The maximum Gasteiger partial charge on any atom is 0.255 e. The molecule has 2 heterocycles. The number of hydrogen-bond donors (Lipinski definition) is 2. The van der Waals surface area contributed by atoms with Crippen LogP contribution in [0, 0.1) is 18.6 Å². The highest BCUT2D eigenvalue weighted by Gasteiger charge is 2.40. The van der Waals surface area contributed by atoms with Crippen LogP contribution in [0.4, 0.5) is 14.5 Å². The van der Waals surface area contributed by atoms with Crippen LogP contribution in [0.5, 0.6) is 0 Å². The molecule has 4 rings (SSSR count). The van der Waals surface area contributed by atoms with Gasteiger partial charge in [0.1, 0.15) is 5.66 Å². The van der Waals surface area contributed by atoms with Crippen molar-refractivity contribution in [2.45, 2.75) is 32.0 Å². The molecule has 4 nitrogen and oxygen atoms in total. The largest absolute Gasteiger partial charge is 0.362 e. The molecule has 136 valence electrons. The van der Waals surface area contributed by atoms with Crippen LogP contribution >= 0.6 is 0 Å². The van der Waals surface area contributed by atoms with Gasteiger partial charge in [0.05, 0.1) is 5.56 Å². The van der Waals surface area contributed by atoms with E-state index in [9.17, 15) is 13.6 Å². The monoisotopic (exact) mass is 357 g/mol. The molecule has 2 aliphatic heterocycles. The predicted octanol–water partition coefficient (Wildman–Crippen LogP) is 3.42. The van der Waals surface area contributed by atoms with Gasteiger partial charge in [-0.1, -0.05) is 23.8 Å². The number of amides is 1. The standard InChI is InChI=1S/C20H21F2N3O/c1-13-5-6-17-15(11-13)19(26)24-20(23-17)7-9-25(10-8-20)12-14-3-2-4-16(21)18(14)22/h2-6,11,23H,7-10,12H2,1H3,(H,24,26). The maximum absolute atomic E-state index is 13.9. The van der Waals surface area contributed by atoms with Gasteiger partial charge in [-0.05, 0) is 25.1 Å². The van der Waals surface area contributed by atoms with Crippen LogP contribution in [0.25, 0.3) is 0 Å². The van der Waals surface area contributed by atoms with Gasteiger partial charge in [0.25, 0.3) is 5.91 Å². The maximum atomic E-state index is 13.9. The van der Waals surface area contributed by atoms with E-state index in [2.05, 4.69) is 15.5 Å². The van der Waals surface area contributed by atoms with Gasteiger partial charge >= 0.3 is 0 Å². The zero-order chi connectivity index (χ0) is 18.3. The Labute approximate surface area is 151 Å². The molecule has 1 amide bonds. The zero-order valence-electron chi connectivity index (χ0n) is 14.6. The molecule has 0 radical (unpaired) electrons. The Balaban J connectivity index is 1.46. The highest BCUT2D eigenvalue weighted by molar-refractivity contribution is 6.02. The fourth-order valence-electron chi connectivity index (χ4n) is 3.78. The van der Waals surface area contributed by atoms with Gasteiger partial charge in [-0.3, -0.25) is 9.69 Å². The summed E-state index contributed by atoms with van der Waals surface area (Å²) in [6.45, 7) is 3.69. The molecule has 26 heavy (non-hydrogen) atoms. The molecule has 0 bridgehead atoms. The number of likely N-dealkylation sites (tertiary alicyclic amines) is 1. The molecule has 0 saturated carbocycles. The number of carbonyl (C=O) groups excluding carboxylic acids is 1. The Bertz CT molecular complexity index is 860. The topological polar surface area (TPSA) is 44.4 Å². The zero-order valence-corrected chi connectivity index (χ0v) is 14.6. The third kappa shape index (κ3) is 3.05. The SMILES string of the molecule is Cc1ccc2c(c1)C(=O)NC1(CCN(Cc3cccc(F)c3F)CC1)N2. The minimum Gasteiger partial charge on any atom is -0.362 e. The van der Waals surface area contributed by atoms with Crippen molar-refractivity contribution >= 4 is 11.6 Å². The number of aryl methyl sites for hydroxylation is 1. The average molecular weight is 357 g/mol. The molecular formula is C20H21F2N3O. The summed E-state index contributed by atoms with van der Waals surface area (Å²) in [5, 5.41) is 6.59. The van der Waals surface area contributed by atoms with E-state index in [1.807, 2.05) is 25.1 Å². The fraction of sp³-hybridized carbons (Fsp3) is 0.350. The molecule has 1 spiro atoms. The Kier molecular flexibility index (Phi) is 4.15. The average Bonchev–Trinajstić information content (AvgIpc) is 2.62. The number of hydrogen-bond acceptors (Lipinski definition) is 3. The first-order chi connectivity index (χ1) is 12.5. The lowest BCUT2D eigenvalue weighted by atomic mass is 9.91. The number of carbonyl (C=O) groups is 1. The van der Waals surface area contributed by atoms with Crippen molar-refractivity contribution in [2.24, 2.45) is 0 Å². The molecule has 2 aliphatic rings. The Hall–Kier alpha value is -2.47. The van der Waals surface area contributed by atoms with Crippen LogP contribution < -0.4 is 10.6 Å². The lowest BCUT2D eigenvalue weighted by molar-refractivity contribution is 0.0821. The molecule has 0 atom stereocenters. The smallest absolute Gasteiger partial charge is 0.255 e. The van der Waals surface area contributed by atoms with Gasteiger partial charge in [-0.15, -0.1) is 0 Å². The predicted molar refractivity (Wildman–Crippen MR) is 95.9 cm³/mol. The molecule has 1 fully saturated rings. The lowest BCUT2D eigenvalue weighted by Gasteiger charge is -2.46. The number of halogens is 2. The number of fused-ring (bicyclic) bond motifs is 1. The molecule has 1 saturated heterocycles. The van der Waals surface area contributed by atoms with Gasteiger partial charge in [0.15, 0.2) is 11.6 Å². The van der Waals surface area contributed by atoms with Gasteiger partial charge in [0, 0.05) is 43.7 Å². The number of nitrogens with one attached hydrogen (secondary N) is 2. The number of piperidine rings is 1. The van der Waals surface area contributed by atoms with Crippen LogP contribution in [0.3, 0.4) is 0 Å². The molecule has 2 N–H and O–H groups in total. The molecule has 0 aliphatic carbocycles. The second kappa shape index (κ2) is 6.36. The van der Waals surface area contributed by atoms with Gasteiger partial charge in [-0.25, -0.2) is 8.78 Å². The third-order valence-corrected chi connectivity index (χ3v) is 5.28. The van der Waals surface area contributed by atoms with E-state index >= 15 is 0 Å². The molecule has 2 aromatic rings. The van der Waals surface area contributed by atoms with Crippen LogP contribution in [-0.2, 0) is 6.54 Å². The molecular weight excluding hydrogens is 336 g/mol. The first-order valence-corrected chi connectivity index (χ1v) is 8.82. The first-order valence-electron chi connectivity index (χ1n) is 8.82. The number of rotatable bonds is 2. The van der Waals surface area contributed by atoms with Crippen LogP contribution in [0.1, 0.15) is 34.3 Å². The minimum absolute atomic E-state index is 0.0629. The molecule has 2 aromatic carbocycles. The van der Waals surface area contributed by atoms with Crippen molar-refractivity contribution in [2.75, 3.05) is 18.4 Å². The normalized spacial score (nSPS) is 19.0. The summed E-state index contributed by atoms with van der Waals surface area (Å²) < 4.78 is 27.3. The Morgan fingerprint density at radius 3 is 2.65 bits per heavy atom. The summed E-state index contributed by atoms with van der Waals surface area (Å²) in [5.74, 6) is -1.66. The van der Waals surface area contributed by atoms with Crippen molar-refractivity contribution in [3.63, 3.8) is 0 Å². The number of benzene rings is 2. The number of nitrogens with zero attached hydrogens (tertiary/aromatic N) is 1. The van der Waals surface area contributed by atoms with Crippen molar-refractivity contribution in [1.82, 2.24) is 10.2 Å². The highest BCUT2D eigenvalue weighted by Crippen LogP contribution is 2.32. The molecule has 0 unspecified atom stereocenters. The van der Waals surface area contributed by atoms with E-state index in [1.165, 1.54) is 6.07 Å². The molecule has 0 aromatic heterocycles. The van der Waals surface area contributed by atoms with E-state index in [1.54, 1.807) is 6.07 Å². The molecule has 6 heteroatoms. The Morgan fingerprint density at radius 1 is 1.12 bits per heavy atom. The van der Waals surface area contributed by atoms with Gasteiger partial charge in [0.2, 0.25) is 0 Å². The van der Waals surface area contributed by atoms with Crippen LogP contribution in [0.15, 0.2) is 36.4 Å². The summed E-state index contributed by atoms with van der Waals surface area (Å²) in [7, 11) is 0. The summed E-state index contributed by atoms with van der Waals surface area (Å²) >= 11 is 0. The van der Waals surface area contributed by atoms with Crippen molar-refractivity contribution < 1.29 is 13.6 Å². The van der Waals surface area contributed by atoms with Crippen molar-refractivity contribution in [3.05, 3.63) is 64.7 Å². The fourth-order valence-corrected chi connectivity index (χ4v) is 3.78. The summed E-state index contributed by atoms with van der Waals surface area (Å²) in [4.78, 5) is 14.6.